The number of ether oxygens (including phenoxy) is 3. The molecule has 8 rings (SSSR count). The number of likely N-dealkylation sites (tertiary alicyclic amines) is 2. The number of hydrogen-bond acceptors (Lipinski definition) is 9. The van der Waals surface area contributed by atoms with Crippen molar-refractivity contribution in [2.24, 2.45) is 17.8 Å². The van der Waals surface area contributed by atoms with Crippen molar-refractivity contribution in [2.75, 3.05) is 33.9 Å². The average Bonchev–Trinajstić information content (AvgIpc) is 4.10. The maximum Gasteiger partial charge on any atom is 0.407 e. The first-order valence-corrected chi connectivity index (χ1v) is 21.3. The highest BCUT2D eigenvalue weighted by molar-refractivity contribution is 6.07. The molecule has 2 aromatic heterocycles. The molecule has 6 aromatic rings. The van der Waals surface area contributed by atoms with E-state index in [1.165, 1.54) is 14.2 Å². The predicted molar refractivity (Wildman–Crippen MR) is 233 cm³/mol. The number of halogens is 2. The minimum absolute atomic E-state index is 0.137. The third-order valence-electron chi connectivity index (χ3n) is 12.4. The monoisotopic (exact) mass is 866 g/mol. The fourth-order valence-electron chi connectivity index (χ4n) is 9.14. The fraction of sp³-hybridized carbons (Fsp3) is 0.435. The van der Waals surface area contributed by atoms with Gasteiger partial charge in [0.15, 0.2) is 0 Å². The smallest absolute Gasteiger partial charge is 0.407 e. The number of H-pyrrole nitrogens is 2. The summed E-state index contributed by atoms with van der Waals surface area (Å²) in [6, 6.07) is 18.0. The van der Waals surface area contributed by atoms with Gasteiger partial charge in [-0.1, -0.05) is 64.1 Å². The molecule has 0 saturated carbocycles. The number of aromatic nitrogens is 4. The second kappa shape index (κ2) is 17.8. The molecule has 4 N–H and O–H groups in total. The van der Waals surface area contributed by atoms with E-state index in [1.54, 1.807) is 9.80 Å². The summed E-state index contributed by atoms with van der Waals surface area (Å²) in [4.78, 5) is 72.3. The Kier molecular flexibility index (Phi) is 12.2. The number of fused-ring (bicyclic) bond motifs is 6. The first kappa shape index (κ1) is 43.3. The lowest BCUT2D eigenvalue weighted by molar-refractivity contribution is -0.139. The molecular formula is C46H52F2N8O7. The summed E-state index contributed by atoms with van der Waals surface area (Å²) in [6.07, 6.45) is 0.517. The zero-order chi connectivity index (χ0) is 44.7. The van der Waals surface area contributed by atoms with Crippen molar-refractivity contribution in [1.29, 1.82) is 0 Å². The largest absolute Gasteiger partial charge is 0.453 e. The third kappa shape index (κ3) is 8.57. The molecule has 2 aliphatic heterocycles. The lowest BCUT2D eigenvalue weighted by Crippen LogP contribution is -2.51. The molecule has 4 amide bonds. The SMILES string of the molecule is COC(=O)N[C@H](C(=O)N1CCC[C@H]1c1nc2c(ccc3cc(-c4ccc5c(ccc6[nH]c([C@@H]7C[C@H](COC(F)F)CN7C(=O)[C@@H](NC(=O)OC)C(C)C)nc65)c4)ccc32)[nH]1)C(C)C. The van der Waals surface area contributed by atoms with E-state index in [0.29, 0.717) is 30.1 Å². The van der Waals surface area contributed by atoms with Gasteiger partial charge in [-0.05, 0) is 77.3 Å². The van der Waals surface area contributed by atoms with Crippen molar-refractivity contribution < 1.29 is 42.2 Å². The summed E-state index contributed by atoms with van der Waals surface area (Å²) in [6.45, 7) is 4.94. The highest BCUT2D eigenvalue weighted by atomic mass is 19.3. The zero-order valence-corrected chi connectivity index (χ0v) is 36.0. The molecule has 63 heavy (non-hydrogen) atoms. The van der Waals surface area contributed by atoms with Gasteiger partial charge in [-0.15, -0.1) is 0 Å². The Labute approximate surface area is 362 Å². The van der Waals surface area contributed by atoms with Crippen LogP contribution in [0.3, 0.4) is 0 Å². The number of rotatable bonds is 12. The number of imidazole rings is 2. The van der Waals surface area contributed by atoms with Crippen molar-refractivity contribution in [1.82, 2.24) is 40.4 Å². The number of nitrogens with one attached hydrogen (secondary N) is 4. The molecule has 0 bridgehead atoms. The van der Waals surface area contributed by atoms with Crippen LogP contribution >= 0.6 is 0 Å². The molecule has 2 aliphatic rings. The van der Waals surface area contributed by atoms with Crippen LogP contribution in [-0.2, 0) is 23.8 Å². The van der Waals surface area contributed by atoms with E-state index in [4.69, 9.17) is 19.4 Å². The Morgan fingerprint density at radius 2 is 1.24 bits per heavy atom. The van der Waals surface area contributed by atoms with E-state index in [9.17, 15) is 28.0 Å². The maximum atomic E-state index is 14.0. The summed E-state index contributed by atoms with van der Waals surface area (Å²) in [5.41, 5.74) is 5.14. The van der Waals surface area contributed by atoms with Gasteiger partial charge in [0.2, 0.25) is 11.8 Å². The standard InChI is InChI=1S/C46H52F2N8O7/c1-23(2)36(53-45(59)61-5)42(57)55-17-7-8-34(55)40-49-32-15-11-28-19-26(9-13-30(28)38(32)51-40)27-10-14-31-29(20-27)12-16-33-39(31)52-41(50-33)35-18-25(22-63-44(47)48)21-56(35)43(58)37(24(3)4)54-46(60)62-6/h9-16,19-20,23-25,34-37,44H,7-8,17-18,21-22H2,1-6H3,(H,49,51)(H,50,52)(H,53,59)(H,54,60)/t25-,34-,35-,36-,37-/m0/s1. The van der Waals surface area contributed by atoms with Gasteiger partial charge in [-0.25, -0.2) is 19.6 Å². The normalized spacial score (nSPS) is 18.9. The number of methoxy groups -OCH3 is 2. The fourth-order valence-corrected chi connectivity index (χ4v) is 9.14. The first-order valence-electron chi connectivity index (χ1n) is 21.3. The Balaban J connectivity index is 1.06. The molecule has 2 saturated heterocycles. The van der Waals surface area contributed by atoms with Crippen molar-refractivity contribution >= 4 is 67.6 Å². The molecule has 332 valence electrons. The molecule has 0 spiro atoms. The van der Waals surface area contributed by atoms with Crippen molar-refractivity contribution in [2.45, 2.75) is 77.7 Å². The van der Waals surface area contributed by atoms with Crippen LogP contribution < -0.4 is 10.6 Å². The van der Waals surface area contributed by atoms with E-state index >= 15 is 0 Å². The summed E-state index contributed by atoms with van der Waals surface area (Å²) < 4.78 is 40.4. The first-order chi connectivity index (χ1) is 30.2. The molecule has 2 fully saturated rings. The third-order valence-corrected chi connectivity index (χ3v) is 12.4. The van der Waals surface area contributed by atoms with E-state index < -0.39 is 36.9 Å². The minimum atomic E-state index is -2.94. The van der Waals surface area contributed by atoms with Crippen molar-refractivity contribution in [3.8, 4) is 11.1 Å². The second-order valence-corrected chi connectivity index (χ2v) is 17.1. The lowest BCUT2D eigenvalue weighted by atomic mass is 9.98. The van der Waals surface area contributed by atoms with Gasteiger partial charge < -0.3 is 44.6 Å². The van der Waals surface area contributed by atoms with Gasteiger partial charge in [0.1, 0.15) is 23.7 Å². The van der Waals surface area contributed by atoms with E-state index in [1.807, 2.05) is 58.0 Å². The Morgan fingerprint density at radius 1 is 0.730 bits per heavy atom. The van der Waals surface area contributed by atoms with Gasteiger partial charge in [-0.3, -0.25) is 9.59 Å². The molecule has 4 heterocycles. The number of nitrogens with zero attached hydrogens (tertiary/aromatic N) is 4. The van der Waals surface area contributed by atoms with E-state index in [-0.39, 0.29) is 48.8 Å². The molecule has 0 aliphatic carbocycles. The molecular weight excluding hydrogens is 815 g/mol. The second-order valence-electron chi connectivity index (χ2n) is 17.1. The summed E-state index contributed by atoms with van der Waals surface area (Å²) in [5, 5.41) is 9.15. The topological polar surface area (TPSA) is 184 Å². The van der Waals surface area contributed by atoms with E-state index in [0.717, 1.165) is 62.1 Å². The van der Waals surface area contributed by atoms with Crippen LogP contribution in [-0.4, -0.2) is 106 Å². The molecule has 17 heteroatoms. The minimum Gasteiger partial charge on any atom is -0.453 e. The number of carbonyl (C=O) groups excluding carboxylic acids is 4. The van der Waals surface area contributed by atoms with Crippen LogP contribution in [0.5, 0.6) is 0 Å². The lowest BCUT2D eigenvalue weighted by Gasteiger charge is -2.30. The van der Waals surface area contributed by atoms with Gasteiger partial charge in [0, 0.05) is 29.8 Å². The van der Waals surface area contributed by atoms with Gasteiger partial charge in [-0.2, -0.15) is 8.78 Å². The van der Waals surface area contributed by atoms with Gasteiger partial charge in [0.25, 0.3) is 0 Å². The van der Waals surface area contributed by atoms with Crippen molar-refractivity contribution in [3.63, 3.8) is 0 Å². The van der Waals surface area contributed by atoms with Crippen LogP contribution in [0.15, 0.2) is 60.7 Å². The highest BCUT2D eigenvalue weighted by Crippen LogP contribution is 2.39. The van der Waals surface area contributed by atoms with Crippen molar-refractivity contribution in [3.05, 3.63) is 72.3 Å². The quantitative estimate of drug-likeness (QED) is 0.0948. The Bertz CT molecular complexity index is 2700. The molecule has 5 atom stereocenters. The Hall–Kier alpha value is -6.36. The van der Waals surface area contributed by atoms with E-state index in [2.05, 4.69) is 55.7 Å². The van der Waals surface area contributed by atoms with Crippen LogP contribution in [0.2, 0.25) is 0 Å². The summed E-state index contributed by atoms with van der Waals surface area (Å²) in [7, 11) is 2.50. The van der Waals surface area contributed by atoms with Gasteiger partial charge >= 0.3 is 18.8 Å². The molecule has 4 aromatic carbocycles. The average molecular weight is 867 g/mol. The number of alkyl carbamates (subject to hydrolysis) is 2. The van der Waals surface area contributed by atoms with Crippen LogP contribution in [0, 0.1) is 17.8 Å². The number of amides is 4. The zero-order valence-electron chi connectivity index (χ0n) is 36.0. The number of benzene rings is 4. The summed E-state index contributed by atoms with van der Waals surface area (Å²) >= 11 is 0. The summed E-state index contributed by atoms with van der Waals surface area (Å²) in [5.74, 6) is -0.102. The van der Waals surface area contributed by atoms with Crippen LogP contribution in [0.4, 0.5) is 18.4 Å². The van der Waals surface area contributed by atoms with Crippen LogP contribution in [0.25, 0.3) is 54.7 Å². The van der Waals surface area contributed by atoms with Crippen LogP contribution in [0.1, 0.15) is 70.7 Å². The Morgan fingerprint density at radius 3 is 1.73 bits per heavy atom. The number of hydrogen-bond donors (Lipinski definition) is 4. The molecule has 0 unspecified atom stereocenters. The molecule has 0 radical (unpaired) electrons. The molecule has 15 nitrogen and oxygen atoms in total. The number of alkyl halides is 2. The predicted octanol–water partition coefficient (Wildman–Crippen LogP) is 7.97. The van der Waals surface area contributed by atoms with Gasteiger partial charge in [0.05, 0.1) is 55.0 Å². The highest BCUT2D eigenvalue weighted by Gasteiger charge is 2.42. The number of carbonyl (C=O) groups is 4. The number of aromatic amines is 2. The maximum absolute atomic E-state index is 14.0.